The summed E-state index contributed by atoms with van der Waals surface area (Å²) in [7, 11) is 1.59. The molecule has 2 amide bonds. The molecule has 0 saturated carbocycles. The second-order valence-corrected chi connectivity index (χ2v) is 6.59. The molecule has 0 radical (unpaired) electrons. The number of nitro groups is 1. The summed E-state index contributed by atoms with van der Waals surface area (Å²) in [6, 6.07) is 3.45. The minimum Gasteiger partial charge on any atom is -0.467 e. The maximum atomic E-state index is 12.5. The molecule has 0 unspecified atom stereocenters. The predicted octanol–water partition coefficient (Wildman–Crippen LogP) is 1.69. The molecule has 30 heavy (non-hydrogen) atoms. The van der Waals surface area contributed by atoms with Gasteiger partial charge in [-0.1, -0.05) is 0 Å². The Morgan fingerprint density at radius 1 is 1.33 bits per heavy atom. The molecule has 3 heterocycles. The highest BCUT2D eigenvalue weighted by Gasteiger charge is 2.23. The summed E-state index contributed by atoms with van der Waals surface area (Å²) >= 11 is 0. The number of carbonyl (C=O) groups is 2. The fraction of sp³-hybridized carbons (Fsp3) is 0.333. The number of aryl methyl sites for hydroxylation is 3. The van der Waals surface area contributed by atoms with Crippen LogP contribution in [0.25, 0.3) is 0 Å². The summed E-state index contributed by atoms with van der Waals surface area (Å²) in [6.07, 6.45) is 2.91. The molecule has 158 valence electrons. The first-order valence-corrected chi connectivity index (χ1v) is 9.08. The fourth-order valence-electron chi connectivity index (χ4n) is 3.05. The van der Waals surface area contributed by atoms with E-state index in [0.717, 1.165) is 0 Å². The first kappa shape index (κ1) is 20.8. The number of furan rings is 1. The van der Waals surface area contributed by atoms with E-state index >= 15 is 0 Å². The normalized spacial score (nSPS) is 10.8. The number of carbonyl (C=O) groups excluding carboxylic acids is 2. The van der Waals surface area contributed by atoms with Gasteiger partial charge in [0.25, 0.3) is 5.91 Å². The zero-order valence-electron chi connectivity index (χ0n) is 16.7. The lowest BCUT2D eigenvalue weighted by Gasteiger charge is -2.09. The Kier molecular flexibility index (Phi) is 5.95. The lowest BCUT2D eigenvalue weighted by Crippen LogP contribution is -2.26. The molecular formula is C18H21N7O5. The highest BCUT2D eigenvalue weighted by Crippen LogP contribution is 2.22. The lowest BCUT2D eigenvalue weighted by molar-refractivity contribution is -0.386. The van der Waals surface area contributed by atoms with Crippen molar-refractivity contribution in [2.45, 2.75) is 33.4 Å². The van der Waals surface area contributed by atoms with Gasteiger partial charge in [0.05, 0.1) is 36.2 Å². The third kappa shape index (κ3) is 4.37. The number of amides is 2. The third-order valence-electron chi connectivity index (χ3n) is 4.51. The largest absolute Gasteiger partial charge is 0.467 e. The smallest absolute Gasteiger partial charge is 0.312 e. The van der Waals surface area contributed by atoms with E-state index in [1.165, 1.54) is 21.8 Å². The van der Waals surface area contributed by atoms with E-state index in [4.69, 9.17) is 4.42 Å². The molecule has 3 aromatic rings. The van der Waals surface area contributed by atoms with Crippen LogP contribution in [0.2, 0.25) is 0 Å². The van der Waals surface area contributed by atoms with Gasteiger partial charge in [0.15, 0.2) is 0 Å². The van der Waals surface area contributed by atoms with Gasteiger partial charge < -0.3 is 15.1 Å². The second kappa shape index (κ2) is 8.59. The number of aromatic nitrogens is 4. The molecule has 0 fully saturated rings. The topological polar surface area (TPSA) is 150 Å². The van der Waals surface area contributed by atoms with Gasteiger partial charge >= 0.3 is 5.69 Å². The van der Waals surface area contributed by atoms with Crippen molar-refractivity contribution in [1.82, 2.24) is 24.9 Å². The molecule has 12 nitrogen and oxygen atoms in total. The summed E-state index contributed by atoms with van der Waals surface area (Å²) in [5.41, 5.74) is 1.07. The number of nitrogens with one attached hydrogen (secondary N) is 2. The van der Waals surface area contributed by atoms with Crippen LogP contribution in [0.1, 0.15) is 34.1 Å². The zero-order chi connectivity index (χ0) is 21.8. The molecule has 0 saturated heterocycles. The Morgan fingerprint density at radius 2 is 2.10 bits per heavy atom. The van der Waals surface area contributed by atoms with Crippen molar-refractivity contribution < 1.29 is 18.9 Å². The van der Waals surface area contributed by atoms with E-state index in [0.29, 0.717) is 17.1 Å². The SMILES string of the molecule is Cc1nn(CCC(=O)Nc2cnn(C)c2C(=O)NCc2ccco2)c(C)c1[N+](=O)[O-]. The van der Waals surface area contributed by atoms with Gasteiger partial charge in [-0.3, -0.25) is 29.1 Å². The van der Waals surface area contributed by atoms with Crippen molar-refractivity contribution in [2.24, 2.45) is 7.05 Å². The van der Waals surface area contributed by atoms with Crippen LogP contribution >= 0.6 is 0 Å². The first-order valence-electron chi connectivity index (χ1n) is 9.08. The van der Waals surface area contributed by atoms with Crippen LogP contribution in [0.15, 0.2) is 29.0 Å². The molecule has 0 atom stereocenters. The van der Waals surface area contributed by atoms with Gasteiger partial charge in [-0.25, -0.2) is 0 Å². The molecule has 3 rings (SSSR count). The number of nitrogens with zero attached hydrogens (tertiary/aromatic N) is 5. The minimum absolute atomic E-state index is 0.0153. The average Bonchev–Trinajstić information content (AvgIpc) is 3.38. The highest BCUT2D eigenvalue weighted by molar-refractivity contribution is 6.02. The van der Waals surface area contributed by atoms with E-state index in [2.05, 4.69) is 20.8 Å². The fourth-order valence-corrected chi connectivity index (χ4v) is 3.05. The van der Waals surface area contributed by atoms with E-state index < -0.39 is 10.8 Å². The molecular weight excluding hydrogens is 394 g/mol. The maximum absolute atomic E-state index is 12.5. The molecule has 2 N–H and O–H groups in total. The van der Waals surface area contributed by atoms with E-state index in [1.807, 2.05) is 0 Å². The van der Waals surface area contributed by atoms with Gasteiger partial charge in [-0.05, 0) is 26.0 Å². The zero-order valence-corrected chi connectivity index (χ0v) is 16.7. The number of rotatable bonds is 8. The van der Waals surface area contributed by atoms with Crippen molar-refractivity contribution in [3.8, 4) is 0 Å². The van der Waals surface area contributed by atoms with Crippen molar-refractivity contribution in [1.29, 1.82) is 0 Å². The standard InChI is InChI=1S/C18H21N7O5/c1-11-16(25(28)29)12(2)24(22-11)7-6-15(26)21-14-10-20-23(3)17(14)18(27)19-9-13-5-4-8-30-13/h4-5,8,10H,6-7,9H2,1-3H3,(H,19,27)(H,21,26). The summed E-state index contributed by atoms with van der Waals surface area (Å²) < 4.78 is 7.96. The Bertz CT molecular complexity index is 1080. The molecule has 0 aliphatic heterocycles. The number of hydrogen-bond acceptors (Lipinski definition) is 7. The maximum Gasteiger partial charge on any atom is 0.312 e. The van der Waals surface area contributed by atoms with Crippen LogP contribution in [0.5, 0.6) is 0 Å². The average molecular weight is 415 g/mol. The second-order valence-electron chi connectivity index (χ2n) is 6.59. The Hall–Kier alpha value is -3.96. The molecule has 0 aromatic carbocycles. The summed E-state index contributed by atoms with van der Waals surface area (Å²) in [5.74, 6) is -0.204. The number of hydrogen-bond donors (Lipinski definition) is 2. The van der Waals surface area contributed by atoms with Crippen molar-refractivity contribution in [3.63, 3.8) is 0 Å². The van der Waals surface area contributed by atoms with Crippen molar-refractivity contribution in [3.05, 3.63) is 57.5 Å². The monoisotopic (exact) mass is 415 g/mol. The van der Waals surface area contributed by atoms with Crippen LogP contribution in [0.3, 0.4) is 0 Å². The molecule has 12 heteroatoms. The highest BCUT2D eigenvalue weighted by atomic mass is 16.6. The Morgan fingerprint density at radius 3 is 2.73 bits per heavy atom. The summed E-state index contributed by atoms with van der Waals surface area (Å²) in [6.45, 7) is 3.48. The van der Waals surface area contributed by atoms with Crippen LogP contribution in [-0.2, 0) is 24.9 Å². The molecule has 0 aliphatic carbocycles. The summed E-state index contributed by atoms with van der Waals surface area (Å²) in [5, 5.41) is 24.6. The van der Waals surface area contributed by atoms with Gasteiger partial charge in [0, 0.05) is 13.5 Å². The number of anilines is 1. The molecule has 0 bridgehead atoms. The van der Waals surface area contributed by atoms with Gasteiger partial charge in [-0.2, -0.15) is 10.2 Å². The van der Waals surface area contributed by atoms with E-state index in [1.54, 1.807) is 33.0 Å². The predicted molar refractivity (Wildman–Crippen MR) is 105 cm³/mol. The molecule has 3 aromatic heterocycles. The van der Waals surface area contributed by atoms with E-state index in [-0.39, 0.29) is 42.5 Å². The van der Waals surface area contributed by atoms with Crippen LogP contribution in [-0.4, -0.2) is 36.3 Å². The first-order chi connectivity index (χ1) is 14.3. The summed E-state index contributed by atoms with van der Waals surface area (Å²) in [4.78, 5) is 35.5. The minimum atomic E-state index is -0.489. The van der Waals surface area contributed by atoms with Gasteiger partial charge in [-0.15, -0.1) is 0 Å². The van der Waals surface area contributed by atoms with Gasteiger partial charge in [0.1, 0.15) is 22.8 Å². The Labute approximate surface area is 171 Å². The quantitative estimate of drug-likeness (QED) is 0.420. The van der Waals surface area contributed by atoms with Gasteiger partial charge in [0.2, 0.25) is 5.91 Å². The Balaban J connectivity index is 1.63. The molecule has 0 aliphatic rings. The van der Waals surface area contributed by atoms with Crippen molar-refractivity contribution >= 4 is 23.2 Å². The van der Waals surface area contributed by atoms with E-state index in [9.17, 15) is 19.7 Å². The van der Waals surface area contributed by atoms with Crippen LogP contribution < -0.4 is 10.6 Å². The van der Waals surface area contributed by atoms with Crippen molar-refractivity contribution in [2.75, 3.05) is 5.32 Å². The third-order valence-corrected chi connectivity index (χ3v) is 4.51. The van der Waals surface area contributed by atoms with Crippen LogP contribution in [0.4, 0.5) is 11.4 Å². The van der Waals surface area contributed by atoms with Crippen LogP contribution in [0, 0.1) is 24.0 Å². The molecule has 0 spiro atoms. The lowest BCUT2D eigenvalue weighted by atomic mass is 10.3.